The zero-order valence-corrected chi connectivity index (χ0v) is 19.3. The first kappa shape index (κ1) is 23.3. The number of benzene rings is 3. The molecule has 0 bridgehead atoms. The average molecular weight is 514 g/mol. The van der Waals surface area contributed by atoms with E-state index in [1.807, 2.05) is 0 Å². The van der Waals surface area contributed by atoms with Crippen LogP contribution in [0.4, 0.5) is 16.5 Å². The molecule has 2 amide bonds. The molecule has 0 aliphatic rings. The molecule has 4 aromatic rings. The van der Waals surface area contributed by atoms with Gasteiger partial charge in [-0.25, -0.2) is 0 Å². The Hall–Kier alpha value is -3.86. The van der Waals surface area contributed by atoms with Gasteiger partial charge in [-0.1, -0.05) is 34.5 Å². The number of nitrogens with one attached hydrogen (secondary N) is 2. The number of carbonyl (C=O) groups is 2. The van der Waals surface area contributed by atoms with Gasteiger partial charge in [0.25, 0.3) is 17.5 Å². The summed E-state index contributed by atoms with van der Waals surface area (Å²) in [5, 5.41) is 25.5. The lowest BCUT2D eigenvalue weighted by molar-refractivity contribution is -0.384. The lowest BCUT2D eigenvalue weighted by Crippen LogP contribution is -2.14. The van der Waals surface area contributed by atoms with E-state index in [9.17, 15) is 19.7 Å². The van der Waals surface area contributed by atoms with Crippen molar-refractivity contribution in [3.8, 4) is 10.6 Å². The third-order valence-corrected chi connectivity index (χ3v) is 5.99. The van der Waals surface area contributed by atoms with Crippen LogP contribution < -0.4 is 10.6 Å². The van der Waals surface area contributed by atoms with Crippen LogP contribution in [0.2, 0.25) is 10.0 Å². The Labute approximate surface area is 206 Å². The van der Waals surface area contributed by atoms with Crippen molar-refractivity contribution < 1.29 is 14.5 Å². The van der Waals surface area contributed by atoms with Crippen molar-refractivity contribution in [1.82, 2.24) is 10.2 Å². The van der Waals surface area contributed by atoms with Crippen LogP contribution in [0.5, 0.6) is 0 Å². The maximum absolute atomic E-state index is 12.5. The molecule has 34 heavy (non-hydrogen) atoms. The highest BCUT2D eigenvalue weighted by Gasteiger charge is 2.14. The SMILES string of the molecule is O=C(Nc1nnc(-c2ccc([N+](=O)[O-])cc2)s1)c1ccc(NC(=O)c2ccc(Cl)cc2Cl)cc1. The van der Waals surface area contributed by atoms with E-state index in [4.69, 9.17) is 23.2 Å². The van der Waals surface area contributed by atoms with E-state index in [0.29, 0.717) is 26.8 Å². The van der Waals surface area contributed by atoms with E-state index in [0.717, 1.165) is 11.3 Å². The number of nitro benzene ring substituents is 1. The fourth-order valence-corrected chi connectivity index (χ4v) is 4.10. The van der Waals surface area contributed by atoms with Crippen molar-refractivity contribution in [2.24, 2.45) is 0 Å². The molecule has 0 radical (unpaired) electrons. The van der Waals surface area contributed by atoms with Crippen LogP contribution in [0, 0.1) is 10.1 Å². The Morgan fingerprint density at radius 3 is 2.24 bits per heavy atom. The van der Waals surface area contributed by atoms with E-state index < -0.39 is 16.7 Å². The molecule has 2 N–H and O–H groups in total. The summed E-state index contributed by atoms with van der Waals surface area (Å²) in [6, 6.07) is 16.7. The molecule has 0 aliphatic carbocycles. The fraction of sp³-hybridized carbons (Fsp3) is 0. The second-order valence-electron chi connectivity index (χ2n) is 6.83. The number of hydrogen-bond donors (Lipinski definition) is 2. The third-order valence-electron chi connectivity index (χ3n) is 4.55. The minimum Gasteiger partial charge on any atom is -0.322 e. The van der Waals surface area contributed by atoms with E-state index >= 15 is 0 Å². The number of aromatic nitrogens is 2. The molecule has 12 heteroatoms. The van der Waals surface area contributed by atoms with Crippen molar-refractivity contribution in [2.75, 3.05) is 10.6 Å². The van der Waals surface area contributed by atoms with Crippen molar-refractivity contribution >= 4 is 62.9 Å². The molecule has 1 aromatic heterocycles. The first-order chi connectivity index (χ1) is 16.3. The highest BCUT2D eigenvalue weighted by Crippen LogP contribution is 2.28. The molecule has 170 valence electrons. The lowest BCUT2D eigenvalue weighted by Gasteiger charge is -2.08. The zero-order valence-electron chi connectivity index (χ0n) is 17.0. The van der Waals surface area contributed by atoms with Gasteiger partial charge in [0.15, 0.2) is 0 Å². The summed E-state index contributed by atoms with van der Waals surface area (Å²) in [6.07, 6.45) is 0. The van der Waals surface area contributed by atoms with Gasteiger partial charge in [0, 0.05) is 34.0 Å². The molecule has 0 aliphatic heterocycles. The number of anilines is 2. The molecule has 0 fully saturated rings. The zero-order chi connectivity index (χ0) is 24.2. The maximum atomic E-state index is 12.5. The Morgan fingerprint density at radius 1 is 0.882 bits per heavy atom. The van der Waals surface area contributed by atoms with E-state index in [1.165, 1.54) is 24.3 Å². The van der Waals surface area contributed by atoms with Gasteiger partial charge in [0.1, 0.15) is 5.01 Å². The summed E-state index contributed by atoms with van der Waals surface area (Å²) in [7, 11) is 0. The number of nitro groups is 1. The molecule has 0 spiro atoms. The normalized spacial score (nSPS) is 10.5. The highest BCUT2D eigenvalue weighted by atomic mass is 35.5. The summed E-state index contributed by atoms with van der Waals surface area (Å²) in [5.41, 5.74) is 1.70. The molecular weight excluding hydrogens is 501 g/mol. The predicted octanol–water partition coefficient (Wildman–Crippen LogP) is 5.92. The average Bonchev–Trinajstić information content (AvgIpc) is 3.28. The second-order valence-corrected chi connectivity index (χ2v) is 8.65. The topological polar surface area (TPSA) is 127 Å². The minimum atomic E-state index is -0.487. The van der Waals surface area contributed by atoms with Crippen LogP contribution >= 0.6 is 34.5 Å². The Balaban J connectivity index is 1.39. The van der Waals surface area contributed by atoms with Crippen LogP contribution in [0.1, 0.15) is 20.7 Å². The summed E-state index contributed by atoms with van der Waals surface area (Å²) in [5.74, 6) is -0.823. The molecule has 3 aromatic carbocycles. The number of rotatable bonds is 6. The van der Waals surface area contributed by atoms with Gasteiger partial charge in [-0.2, -0.15) is 0 Å². The Morgan fingerprint density at radius 2 is 1.59 bits per heavy atom. The number of carbonyl (C=O) groups excluding carboxylic acids is 2. The number of hydrogen-bond acceptors (Lipinski definition) is 7. The van der Waals surface area contributed by atoms with Crippen LogP contribution in [-0.4, -0.2) is 26.9 Å². The molecule has 0 unspecified atom stereocenters. The number of non-ortho nitro benzene ring substituents is 1. The maximum Gasteiger partial charge on any atom is 0.269 e. The lowest BCUT2D eigenvalue weighted by atomic mass is 10.1. The first-order valence-corrected chi connectivity index (χ1v) is 11.1. The largest absolute Gasteiger partial charge is 0.322 e. The standard InChI is InChI=1S/C22H13Cl2N5O4S/c23-14-5-10-17(18(24)11-14)20(31)25-15-6-1-12(2-7-15)19(30)26-22-28-27-21(34-22)13-3-8-16(9-4-13)29(32)33/h1-11H,(H,25,31)(H,26,28,30). The van der Waals surface area contributed by atoms with Gasteiger partial charge >= 0.3 is 0 Å². The van der Waals surface area contributed by atoms with Gasteiger partial charge in [-0.3, -0.25) is 25.0 Å². The molecule has 0 saturated carbocycles. The van der Waals surface area contributed by atoms with Gasteiger partial charge in [0.2, 0.25) is 5.13 Å². The minimum absolute atomic E-state index is 0.0299. The first-order valence-electron chi connectivity index (χ1n) is 9.56. The Kier molecular flexibility index (Phi) is 6.82. The molecule has 0 saturated heterocycles. The van der Waals surface area contributed by atoms with E-state index in [1.54, 1.807) is 42.5 Å². The van der Waals surface area contributed by atoms with Crippen molar-refractivity contribution in [1.29, 1.82) is 0 Å². The summed E-state index contributed by atoms with van der Waals surface area (Å²) in [6.45, 7) is 0. The summed E-state index contributed by atoms with van der Waals surface area (Å²) in [4.78, 5) is 35.2. The van der Waals surface area contributed by atoms with E-state index in [2.05, 4.69) is 20.8 Å². The Bertz CT molecular complexity index is 1390. The van der Waals surface area contributed by atoms with Crippen molar-refractivity contribution in [2.45, 2.75) is 0 Å². The fourth-order valence-electron chi connectivity index (χ4n) is 2.86. The predicted molar refractivity (Wildman–Crippen MR) is 131 cm³/mol. The van der Waals surface area contributed by atoms with Crippen molar-refractivity contribution in [3.63, 3.8) is 0 Å². The monoisotopic (exact) mass is 513 g/mol. The molecule has 1 heterocycles. The van der Waals surface area contributed by atoms with E-state index in [-0.39, 0.29) is 21.4 Å². The van der Waals surface area contributed by atoms with Crippen LogP contribution in [0.3, 0.4) is 0 Å². The van der Waals surface area contributed by atoms with Crippen LogP contribution in [0.15, 0.2) is 66.7 Å². The number of halogens is 2. The van der Waals surface area contributed by atoms with Gasteiger partial charge in [-0.05, 0) is 54.6 Å². The van der Waals surface area contributed by atoms with Crippen molar-refractivity contribution in [3.05, 3.63) is 98.0 Å². The number of nitrogens with zero attached hydrogens (tertiary/aromatic N) is 3. The summed E-state index contributed by atoms with van der Waals surface area (Å²) < 4.78 is 0. The molecule has 0 atom stereocenters. The summed E-state index contributed by atoms with van der Waals surface area (Å²) >= 11 is 13.0. The second kappa shape index (κ2) is 9.96. The third kappa shape index (κ3) is 5.37. The van der Waals surface area contributed by atoms with Gasteiger partial charge in [0.05, 0.1) is 15.5 Å². The number of amides is 2. The highest BCUT2D eigenvalue weighted by molar-refractivity contribution is 7.18. The van der Waals surface area contributed by atoms with Gasteiger partial charge < -0.3 is 5.32 Å². The smallest absolute Gasteiger partial charge is 0.269 e. The molecular formula is C22H13Cl2N5O4S. The van der Waals surface area contributed by atoms with Crippen LogP contribution in [0.25, 0.3) is 10.6 Å². The van der Waals surface area contributed by atoms with Crippen LogP contribution in [-0.2, 0) is 0 Å². The molecule has 9 nitrogen and oxygen atoms in total. The van der Waals surface area contributed by atoms with Gasteiger partial charge in [-0.15, -0.1) is 10.2 Å². The quantitative estimate of drug-likeness (QED) is 0.243. The molecule has 4 rings (SSSR count).